The third-order valence-electron chi connectivity index (χ3n) is 1.89. The van der Waals surface area contributed by atoms with Gasteiger partial charge in [-0.3, -0.25) is 4.79 Å². The molecule has 72 valence electrons. The van der Waals surface area contributed by atoms with E-state index in [1.54, 1.807) is 11.9 Å². The lowest BCUT2D eigenvalue weighted by Gasteiger charge is -2.22. The highest BCUT2D eigenvalue weighted by atomic mass is 32.1. The summed E-state index contributed by atoms with van der Waals surface area (Å²) in [5.74, 6) is -0.0760. The van der Waals surface area contributed by atoms with E-state index in [-0.39, 0.29) is 11.9 Å². The van der Waals surface area contributed by atoms with Gasteiger partial charge in [0.05, 0.1) is 6.20 Å². The molecule has 2 N–H and O–H groups in total. The molecule has 1 aromatic heterocycles. The highest BCUT2D eigenvalue weighted by Gasteiger charge is 2.17. The number of amides is 1. The zero-order valence-corrected chi connectivity index (χ0v) is 8.41. The van der Waals surface area contributed by atoms with Crippen molar-refractivity contribution >= 4 is 17.4 Å². The van der Waals surface area contributed by atoms with Crippen molar-refractivity contribution in [1.82, 2.24) is 14.5 Å². The van der Waals surface area contributed by atoms with Gasteiger partial charge in [0.2, 0.25) is 0 Å². The van der Waals surface area contributed by atoms with Crippen LogP contribution in [0.1, 0.15) is 16.6 Å². The van der Waals surface area contributed by atoms with Crippen molar-refractivity contribution in [3.8, 4) is 0 Å². The quantitative estimate of drug-likeness (QED) is 0.743. The Morgan fingerprint density at radius 3 is 3.00 bits per heavy atom. The van der Waals surface area contributed by atoms with E-state index in [0.717, 1.165) is 11.5 Å². The average molecular weight is 200 g/mol. The molecule has 1 heterocycles. The number of nitrogens with two attached hydrogens (primary N) is 1. The number of rotatable bonds is 3. The van der Waals surface area contributed by atoms with Gasteiger partial charge in [0.1, 0.15) is 4.88 Å². The predicted octanol–water partition coefficient (Wildman–Crippen LogP) is -0.0427. The van der Waals surface area contributed by atoms with E-state index >= 15 is 0 Å². The van der Waals surface area contributed by atoms with E-state index in [0.29, 0.717) is 11.4 Å². The fourth-order valence-corrected chi connectivity index (χ4v) is 1.29. The van der Waals surface area contributed by atoms with Crippen molar-refractivity contribution in [2.24, 2.45) is 5.73 Å². The Morgan fingerprint density at radius 2 is 2.54 bits per heavy atom. The van der Waals surface area contributed by atoms with Crippen LogP contribution in [0.3, 0.4) is 0 Å². The monoisotopic (exact) mass is 200 g/mol. The SMILES string of the molecule is CC(CN)N(C)C(=O)c1cnns1. The molecule has 1 aromatic rings. The van der Waals surface area contributed by atoms with Crippen LogP contribution in [0.5, 0.6) is 0 Å². The maximum absolute atomic E-state index is 11.6. The molecule has 0 spiro atoms. The second-order valence-electron chi connectivity index (χ2n) is 2.78. The zero-order valence-electron chi connectivity index (χ0n) is 7.60. The Bertz CT molecular complexity index is 274. The van der Waals surface area contributed by atoms with Crippen molar-refractivity contribution in [3.05, 3.63) is 11.1 Å². The summed E-state index contributed by atoms with van der Waals surface area (Å²) in [6.45, 7) is 2.35. The van der Waals surface area contributed by atoms with Gasteiger partial charge in [-0.15, -0.1) is 5.10 Å². The summed E-state index contributed by atoms with van der Waals surface area (Å²) in [4.78, 5) is 13.7. The number of likely N-dealkylation sites (N-methyl/N-ethyl adjacent to an activating group) is 1. The van der Waals surface area contributed by atoms with Gasteiger partial charge in [-0.25, -0.2) is 0 Å². The van der Waals surface area contributed by atoms with Crippen molar-refractivity contribution in [3.63, 3.8) is 0 Å². The lowest BCUT2D eigenvalue weighted by Crippen LogP contribution is -2.39. The van der Waals surface area contributed by atoms with E-state index in [9.17, 15) is 4.79 Å². The van der Waals surface area contributed by atoms with Crippen LogP contribution in [0.25, 0.3) is 0 Å². The van der Waals surface area contributed by atoms with Gasteiger partial charge in [-0.1, -0.05) is 4.49 Å². The Kier molecular flexibility index (Phi) is 3.32. The van der Waals surface area contributed by atoms with Gasteiger partial charge in [0.25, 0.3) is 5.91 Å². The molecule has 1 rings (SSSR count). The van der Waals surface area contributed by atoms with E-state index in [1.807, 2.05) is 6.92 Å². The average Bonchev–Trinajstić information content (AvgIpc) is 2.67. The van der Waals surface area contributed by atoms with Crippen molar-refractivity contribution in [2.75, 3.05) is 13.6 Å². The topological polar surface area (TPSA) is 72.1 Å². The van der Waals surface area contributed by atoms with Crippen molar-refractivity contribution in [2.45, 2.75) is 13.0 Å². The second kappa shape index (κ2) is 4.29. The molecule has 0 aliphatic heterocycles. The first-order valence-corrected chi connectivity index (χ1v) is 4.68. The summed E-state index contributed by atoms with van der Waals surface area (Å²) < 4.78 is 3.62. The number of nitrogens with zero attached hydrogens (tertiary/aromatic N) is 3. The Morgan fingerprint density at radius 1 is 1.85 bits per heavy atom. The Labute approximate surface area is 80.7 Å². The first kappa shape index (κ1) is 10.1. The molecule has 6 heteroatoms. The van der Waals surface area contributed by atoms with Gasteiger partial charge < -0.3 is 10.6 Å². The lowest BCUT2D eigenvalue weighted by molar-refractivity contribution is 0.0753. The van der Waals surface area contributed by atoms with Gasteiger partial charge in [0.15, 0.2) is 0 Å². The smallest absolute Gasteiger partial charge is 0.267 e. The first-order chi connectivity index (χ1) is 6.16. The molecule has 1 unspecified atom stereocenters. The van der Waals surface area contributed by atoms with Gasteiger partial charge in [-0.2, -0.15) is 0 Å². The zero-order chi connectivity index (χ0) is 9.84. The minimum atomic E-state index is -0.0760. The fraction of sp³-hybridized carbons (Fsp3) is 0.571. The summed E-state index contributed by atoms with van der Waals surface area (Å²) in [6, 6.07) is 0.0367. The Hall–Kier alpha value is -1.01. The number of hydrogen-bond acceptors (Lipinski definition) is 5. The van der Waals surface area contributed by atoms with Crippen LogP contribution < -0.4 is 5.73 Å². The molecule has 0 radical (unpaired) electrons. The normalized spacial score (nSPS) is 12.5. The molecule has 0 saturated carbocycles. The van der Waals surface area contributed by atoms with E-state index in [4.69, 9.17) is 5.73 Å². The summed E-state index contributed by atoms with van der Waals surface area (Å²) in [5, 5.41) is 3.60. The molecule has 0 aromatic carbocycles. The highest BCUT2D eigenvalue weighted by Crippen LogP contribution is 2.07. The highest BCUT2D eigenvalue weighted by molar-refractivity contribution is 7.07. The summed E-state index contributed by atoms with van der Waals surface area (Å²) >= 11 is 1.09. The molecule has 0 aliphatic carbocycles. The number of hydrogen-bond donors (Lipinski definition) is 1. The molecule has 0 fully saturated rings. The molecular weight excluding hydrogens is 188 g/mol. The number of carbonyl (C=O) groups is 1. The third kappa shape index (κ3) is 2.22. The molecular formula is C7H12N4OS. The van der Waals surface area contributed by atoms with E-state index < -0.39 is 0 Å². The minimum Gasteiger partial charge on any atom is -0.337 e. The number of carbonyl (C=O) groups excluding carboxylic acids is 1. The molecule has 1 amide bonds. The van der Waals surface area contributed by atoms with Gasteiger partial charge in [-0.05, 0) is 18.5 Å². The van der Waals surface area contributed by atoms with Crippen LogP contribution in [0.2, 0.25) is 0 Å². The molecule has 0 saturated heterocycles. The molecule has 0 aliphatic rings. The van der Waals surface area contributed by atoms with Crippen molar-refractivity contribution in [1.29, 1.82) is 0 Å². The van der Waals surface area contributed by atoms with Crippen LogP contribution in [0.15, 0.2) is 6.20 Å². The van der Waals surface area contributed by atoms with Crippen LogP contribution >= 0.6 is 11.5 Å². The summed E-state index contributed by atoms with van der Waals surface area (Å²) in [6.07, 6.45) is 1.47. The third-order valence-corrected chi connectivity index (χ3v) is 2.55. The Balaban J connectivity index is 2.68. The minimum absolute atomic E-state index is 0.0367. The van der Waals surface area contributed by atoms with Crippen LogP contribution in [0, 0.1) is 0 Å². The van der Waals surface area contributed by atoms with Crippen LogP contribution in [-0.2, 0) is 0 Å². The van der Waals surface area contributed by atoms with Crippen molar-refractivity contribution < 1.29 is 4.79 Å². The predicted molar refractivity (Wildman–Crippen MR) is 50.5 cm³/mol. The van der Waals surface area contributed by atoms with Crippen LogP contribution in [-0.4, -0.2) is 40.0 Å². The second-order valence-corrected chi connectivity index (χ2v) is 3.57. The van der Waals surface area contributed by atoms with E-state index in [1.165, 1.54) is 6.20 Å². The molecule has 5 nitrogen and oxygen atoms in total. The maximum atomic E-state index is 11.6. The number of aromatic nitrogens is 2. The molecule has 13 heavy (non-hydrogen) atoms. The first-order valence-electron chi connectivity index (χ1n) is 3.91. The summed E-state index contributed by atoms with van der Waals surface area (Å²) in [7, 11) is 1.72. The molecule has 0 bridgehead atoms. The standard InChI is InChI=1S/C7H12N4OS/c1-5(3-8)11(2)7(12)6-4-9-10-13-6/h4-5H,3,8H2,1-2H3. The van der Waals surface area contributed by atoms with Gasteiger partial charge in [0, 0.05) is 19.6 Å². The molecule has 1 atom stereocenters. The lowest BCUT2D eigenvalue weighted by atomic mass is 10.3. The van der Waals surface area contributed by atoms with Crippen LogP contribution in [0.4, 0.5) is 0 Å². The maximum Gasteiger partial charge on any atom is 0.267 e. The largest absolute Gasteiger partial charge is 0.337 e. The van der Waals surface area contributed by atoms with Gasteiger partial charge >= 0.3 is 0 Å². The fourth-order valence-electron chi connectivity index (χ4n) is 0.793. The summed E-state index contributed by atoms with van der Waals surface area (Å²) in [5.41, 5.74) is 5.44. The van der Waals surface area contributed by atoms with E-state index in [2.05, 4.69) is 9.59 Å².